The number of hydrogen-bond acceptors (Lipinski definition) is 4. The first-order chi connectivity index (χ1) is 15.9. The van der Waals surface area contributed by atoms with E-state index in [9.17, 15) is 9.59 Å². The van der Waals surface area contributed by atoms with Crippen LogP contribution in [0.1, 0.15) is 40.1 Å². The van der Waals surface area contributed by atoms with E-state index in [1.54, 1.807) is 41.5 Å². The lowest BCUT2D eigenvalue weighted by Gasteiger charge is -2.12. The van der Waals surface area contributed by atoms with Crippen LogP contribution < -0.4 is 10.6 Å². The van der Waals surface area contributed by atoms with Crippen molar-refractivity contribution < 1.29 is 9.59 Å². The van der Waals surface area contributed by atoms with Crippen LogP contribution in [0.15, 0.2) is 79.3 Å². The number of carbonyl (C=O) groups excluding carboxylic acids is 2. The zero-order chi connectivity index (χ0) is 23.4. The molecule has 2 N–H and O–H groups in total. The summed E-state index contributed by atoms with van der Waals surface area (Å²) in [4.78, 5) is 30.0. The highest BCUT2D eigenvalue weighted by atomic mass is 16.2. The molecular formula is C26H25N5O2. The van der Waals surface area contributed by atoms with Crippen LogP contribution >= 0.6 is 0 Å². The van der Waals surface area contributed by atoms with E-state index >= 15 is 0 Å². The Kier molecular flexibility index (Phi) is 6.31. The summed E-state index contributed by atoms with van der Waals surface area (Å²) >= 11 is 0. The van der Waals surface area contributed by atoms with Crippen molar-refractivity contribution >= 4 is 17.5 Å². The van der Waals surface area contributed by atoms with Gasteiger partial charge >= 0.3 is 0 Å². The number of pyridine rings is 1. The van der Waals surface area contributed by atoms with Crippen LogP contribution in [0.25, 0.3) is 16.9 Å². The monoisotopic (exact) mass is 439 g/mol. The van der Waals surface area contributed by atoms with Gasteiger partial charge in [0, 0.05) is 41.4 Å². The molecule has 0 radical (unpaired) electrons. The van der Waals surface area contributed by atoms with E-state index in [4.69, 9.17) is 0 Å². The van der Waals surface area contributed by atoms with Crippen molar-refractivity contribution in [2.24, 2.45) is 0 Å². The number of aryl methyl sites for hydroxylation is 1. The molecular weight excluding hydrogens is 414 g/mol. The molecule has 0 aliphatic carbocycles. The molecule has 2 heterocycles. The Morgan fingerprint density at radius 1 is 0.939 bits per heavy atom. The first kappa shape index (κ1) is 22.0. The summed E-state index contributed by atoms with van der Waals surface area (Å²) in [6.07, 6.45) is 5.05. The van der Waals surface area contributed by atoms with Crippen LogP contribution in [0.2, 0.25) is 0 Å². The predicted molar refractivity (Wildman–Crippen MR) is 129 cm³/mol. The number of aromatic nitrogens is 3. The first-order valence-electron chi connectivity index (χ1n) is 10.7. The summed E-state index contributed by atoms with van der Waals surface area (Å²) in [5.41, 5.74) is 4.38. The van der Waals surface area contributed by atoms with E-state index in [-0.39, 0.29) is 17.9 Å². The van der Waals surface area contributed by atoms with Crippen LogP contribution in [0.3, 0.4) is 0 Å². The summed E-state index contributed by atoms with van der Waals surface area (Å²) in [5, 5.41) is 10.5. The Morgan fingerprint density at radius 3 is 2.42 bits per heavy atom. The molecule has 0 atom stereocenters. The van der Waals surface area contributed by atoms with Gasteiger partial charge in [-0.3, -0.25) is 14.6 Å². The van der Waals surface area contributed by atoms with Crippen LogP contribution in [0, 0.1) is 6.92 Å². The number of nitrogens with zero attached hydrogens (tertiary/aromatic N) is 3. The number of anilines is 1. The van der Waals surface area contributed by atoms with Gasteiger partial charge in [0.15, 0.2) is 0 Å². The highest BCUT2D eigenvalue weighted by Gasteiger charge is 2.20. The number of benzene rings is 2. The Morgan fingerprint density at radius 2 is 1.73 bits per heavy atom. The molecule has 7 nitrogen and oxygen atoms in total. The number of hydrogen-bond donors (Lipinski definition) is 2. The van der Waals surface area contributed by atoms with Crippen molar-refractivity contribution in [1.82, 2.24) is 20.1 Å². The molecule has 2 aromatic carbocycles. The third-order valence-electron chi connectivity index (χ3n) is 5.07. The third kappa shape index (κ3) is 4.98. The standard InChI is InChI=1S/C26H25N5O2/c1-17(2)28-25(32)22-14-20(12-11-18(22)3)29-26(33)23-16-31(21-9-5-4-6-10-21)30-24(23)19-8-7-13-27-15-19/h4-17H,1-3H3,(H,28,32)(H,29,33). The zero-order valence-corrected chi connectivity index (χ0v) is 18.7. The minimum atomic E-state index is -0.324. The first-order valence-corrected chi connectivity index (χ1v) is 10.7. The normalized spacial score (nSPS) is 10.8. The van der Waals surface area contributed by atoms with Gasteiger partial charge in [-0.2, -0.15) is 5.10 Å². The largest absolute Gasteiger partial charge is 0.350 e. The molecule has 0 saturated carbocycles. The average Bonchev–Trinajstić information content (AvgIpc) is 3.27. The summed E-state index contributed by atoms with van der Waals surface area (Å²) < 4.78 is 1.67. The minimum absolute atomic E-state index is 0.0148. The smallest absolute Gasteiger partial charge is 0.259 e. The second-order valence-corrected chi connectivity index (χ2v) is 8.03. The quantitative estimate of drug-likeness (QED) is 0.458. The molecule has 0 saturated heterocycles. The number of para-hydroxylation sites is 1. The zero-order valence-electron chi connectivity index (χ0n) is 18.7. The fourth-order valence-electron chi connectivity index (χ4n) is 3.45. The maximum Gasteiger partial charge on any atom is 0.259 e. The Bertz CT molecular complexity index is 1280. The molecule has 0 unspecified atom stereocenters. The molecule has 0 fully saturated rings. The third-order valence-corrected chi connectivity index (χ3v) is 5.07. The van der Waals surface area contributed by atoms with E-state index in [0.717, 1.165) is 16.8 Å². The lowest BCUT2D eigenvalue weighted by atomic mass is 10.1. The van der Waals surface area contributed by atoms with Gasteiger partial charge in [-0.05, 0) is 62.7 Å². The lowest BCUT2D eigenvalue weighted by Crippen LogP contribution is -2.30. The predicted octanol–water partition coefficient (Wildman–Crippen LogP) is 4.63. The van der Waals surface area contributed by atoms with E-state index in [2.05, 4.69) is 20.7 Å². The molecule has 0 bridgehead atoms. The van der Waals surface area contributed by atoms with Crippen LogP contribution in [-0.4, -0.2) is 32.6 Å². The van der Waals surface area contributed by atoms with Crippen molar-refractivity contribution in [3.63, 3.8) is 0 Å². The van der Waals surface area contributed by atoms with Gasteiger partial charge < -0.3 is 10.6 Å². The second-order valence-electron chi connectivity index (χ2n) is 8.03. The van der Waals surface area contributed by atoms with Gasteiger partial charge in [0.2, 0.25) is 0 Å². The van der Waals surface area contributed by atoms with Gasteiger partial charge in [-0.1, -0.05) is 24.3 Å². The molecule has 0 spiro atoms. The van der Waals surface area contributed by atoms with Crippen molar-refractivity contribution in [3.05, 3.63) is 95.9 Å². The average molecular weight is 440 g/mol. The molecule has 2 amide bonds. The summed E-state index contributed by atoms with van der Waals surface area (Å²) in [6, 6.07) is 18.6. The lowest BCUT2D eigenvalue weighted by molar-refractivity contribution is 0.0941. The van der Waals surface area contributed by atoms with Crippen molar-refractivity contribution in [3.8, 4) is 16.9 Å². The van der Waals surface area contributed by atoms with Crippen molar-refractivity contribution in [2.75, 3.05) is 5.32 Å². The van der Waals surface area contributed by atoms with E-state index in [0.29, 0.717) is 22.5 Å². The molecule has 4 aromatic rings. The Hall–Kier alpha value is -4.26. The topological polar surface area (TPSA) is 88.9 Å². The number of carbonyl (C=O) groups is 2. The summed E-state index contributed by atoms with van der Waals surface area (Å²) in [6.45, 7) is 5.68. The Labute approximate surface area is 192 Å². The van der Waals surface area contributed by atoms with Crippen LogP contribution in [0.4, 0.5) is 5.69 Å². The van der Waals surface area contributed by atoms with E-state index in [1.807, 2.05) is 63.2 Å². The minimum Gasteiger partial charge on any atom is -0.350 e. The van der Waals surface area contributed by atoms with Crippen LogP contribution in [-0.2, 0) is 0 Å². The highest BCUT2D eigenvalue weighted by Crippen LogP contribution is 2.25. The fraction of sp³-hybridized carbons (Fsp3) is 0.154. The SMILES string of the molecule is Cc1ccc(NC(=O)c2cn(-c3ccccc3)nc2-c2cccnc2)cc1C(=O)NC(C)C. The number of nitrogens with one attached hydrogen (secondary N) is 2. The van der Waals surface area contributed by atoms with Gasteiger partial charge in [-0.15, -0.1) is 0 Å². The maximum atomic E-state index is 13.3. The maximum absolute atomic E-state index is 13.3. The van der Waals surface area contributed by atoms with Crippen molar-refractivity contribution in [1.29, 1.82) is 0 Å². The molecule has 2 aromatic heterocycles. The number of amides is 2. The van der Waals surface area contributed by atoms with E-state index < -0.39 is 0 Å². The molecule has 0 aliphatic heterocycles. The van der Waals surface area contributed by atoms with Crippen molar-refractivity contribution in [2.45, 2.75) is 26.8 Å². The summed E-state index contributed by atoms with van der Waals surface area (Å²) in [5.74, 6) is -0.498. The number of rotatable bonds is 6. The van der Waals surface area contributed by atoms with Gasteiger partial charge in [-0.25, -0.2) is 4.68 Å². The molecule has 7 heteroatoms. The Balaban J connectivity index is 1.68. The van der Waals surface area contributed by atoms with Crippen LogP contribution in [0.5, 0.6) is 0 Å². The highest BCUT2D eigenvalue weighted by molar-refractivity contribution is 6.08. The van der Waals surface area contributed by atoms with E-state index in [1.165, 1.54) is 0 Å². The fourth-order valence-corrected chi connectivity index (χ4v) is 3.45. The molecule has 33 heavy (non-hydrogen) atoms. The molecule has 0 aliphatic rings. The molecule has 166 valence electrons. The van der Waals surface area contributed by atoms with Gasteiger partial charge in [0.25, 0.3) is 11.8 Å². The summed E-state index contributed by atoms with van der Waals surface area (Å²) in [7, 11) is 0. The van der Waals surface area contributed by atoms with Gasteiger partial charge in [0.05, 0.1) is 11.3 Å². The second kappa shape index (κ2) is 9.48. The molecule has 4 rings (SSSR count). The van der Waals surface area contributed by atoms with Gasteiger partial charge in [0.1, 0.15) is 5.69 Å².